The Balaban J connectivity index is 3.05. The number of hydrogen-bond donors (Lipinski definition) is 1. The van der Waals surface area contributed by atoms with Crippen LogP contribution >= 0.6 is 23.2 Å². The summed E-state index contributed by atoms with van der Waals surface area (Å²) in [5.41, 5.74) is 5.53. The number of ether oxygens (including phenoxy) is 1. The first-order chi connectivity index (χ1) is 6.85. The maximum absolute atomic E-state index is 12.6. The van der Waals surface area contributed by atoms with Crippen molar-refractivity contribution in [2.75, 3.05) is 12.4 Å². The van der Waals surface area contributed by atoms with Crippen LogP contribution in [0.4, 0.5) is 18.9 Å². The van der Waals surface area contributed by atoms with E-state index in [-0.39, 0.29) is 15.7 Å². The summed E-state index contributed by atoms with van der Waals surface area (Å²) in [6, 6.07) is 2.36. The van der Waals surface area contributed by atoms with Crippen LogP contribution in [0, 0.1) is 0 Å². The summed E-state index contributed by atoms with van der Waals surface area (Å²) >= 11 is 11.1. The quantitative estimate of drug-likeness (QED) is 0.844. The van der Waals surface area contributed by atoms with Gasteiger partial charge < -0.3 is 10.5 Å². The lowest BCUT2D eigenvalue weighted by atomic mass is 10.3. The third-order valence-corrected chi connectivity index (χ3v) is 1.99. The van der Waals surface area contributed by atoms with Crippen molar-refractivity contribution in [1.29, 1.82) is 0 Å². The maximum Gasteiger partial charge on any atom is 0.427 e. The lowest BCUT2D eigenvalue weighted by molar-refractivity contribution is -0.186. The predicted molar refractivity (Wildman–Crippen MR) is 52.4 cm³/mol. The van der Waals surface area contributed by atoms with Gasteiger partial charge in [-0.3, -0.25) is 0 Å². The first-order valence-electron chi connectivity index (χ1n) is 3.73. The molecule has 0 atom stereocenters. The molecule has 0 saturated heterocycles. The molecule has 0 saturated carbocycles. The summed E-state index contributed by atoms with van der Waals surface area (Å²) in [5.74, 6) is -0.491. The molecule has 0 fully saturated rings. The second-order valence-corrected chi connectivity index (χ2v) is 3.50. The zero-order valence-corrected chi connectivity index (χ0v) is 8.75. The fraction of sp³-hybridized carbons (Fsp3) is 0.250. The molecule has 0 aromatic heterocycles. The summed E-state index contributed by atoms with van der Waals surface area (Å²) < 4.78 is 41.0. The fourth-order valence-electron chi connectivity index (χ4n) is 0.854. The van der Waals surface area contributed by atoms with Crippen molar-refractivity contribution < 1.29 is 17.9 Å². The largest absolute Gasteiger partial charge is 0.427 e. The highest BCUT2D eigenvalue weighted by molar-refractivity contribution is 6.37. The van der Waals surface area contributed by atoms with Crippen LogP contribution < -0.4 is 10.5 Å². The number of hydrogen-bond acceptors (Lipinski definition) is 2. The van der Waals surface area contributed by atoms with Crippen LogP contribution in [0.2, 0.25) is 10.0 Å². The Kier molecular flexibility index (Phi) is 3.57. The van der Waals surface area contributed by atoms with Crippen molar-refractivity contribution in [3.05, 3.63) is 22.2 Å². The van der Waals surface area contributed by atoms with Crippen molar-refractivity contribution in [3.8, 4) is 5.75 Å². The molecule has 2 nitrogen and oxygen atoms in total. The highest BCUT2D eigenvalue weighted by atomic mass is 35.5. The number of rotatable bonds is 3. The Morgan fingerprint density at radius 3 is 2.13 bits per heavy atom. The van der Waals surface area contributed by atoms with Crippen molar-refractivity contribution >= 4 is 28.9 Å². The monoisotopic (exact) mass is 259 g/mol. The molecule has 0 heterocycles. The third-order valence-electron chi connectivity index (χ3n) is 1.43. The molecule has 0 radical (unpaired) electrons. The van der Waals surface area contributed by atoms with Gasteiger partial charge in [-0.15, -0.1) is 0 Å². The smallest absolute Gasteiger partial charge is 0.427 e. The van der Waals surface area contributed by atoms with Gasteiger partial charge >= 0.3 is 6.11 Å². The number of benzene rings is 1. The Bertz CT molecular complexity index is 350. The number of alkyl halides is 3. The van der Waals surface area contributed by atoms with Crippen LogP contribution in [0.1, 0.15) is 0 Å². The molecule has 1 aromatic rings. The average molecular weight is 260 g/mol. The summed E-state index contributed by atoms with van der Waals surface area (Å²) in [4.78, 5) is 0. The molecular formula is C8H6Cl2F3NO. The molecule has 0 bridgehead atoms. The second kappa shape index (κ2) is 4.37. The molecule has 0 aliphatic carbocycles. The van der Waals surface area contributed by atoms with Gasteiger partial charge in [0.2, 0.25) is 0 Å². The molecule has 0 amide bonds. The number of nitrogen functional groups attached to an aromatic ring is 1. The molecule has 1 aromatic carbocycles. The second-order valence-electron chi connectivity index (χ2n) is 2.69. The van der Waals surface area contributed by atoms with Crippen LogP contribution in [-0.4, -0.2) is 12.8 Å². The van der Waals surface area contributed by atoms with Gasteiger partial charge in [-0.25, -0.2) is 4.39 Å². The van der Waals surface area contributed by atoms with E-state index in [1.165, 1.54) is 12.1 Å². The standard InChI is InChI=1S/C8H6Cl2F3NO/c9-5-1-4(14)2-6(10)7(5)15-8(12,13)3-11/h1-2H,3,14H2. The van der Waals surface area contributed by atoms with Crippen molar-refractivity contribution in [1.82, 2.24) is 0 Å². The van der Waals surface area contributed by atoms with E-state index >= 15 is 0 Å². The van der Waals surface area contributed by atoms with E-state index < -0.39 is 18.5 Å². The van der Waals surface area contributed by atoms with Crippen LogP contribution in [-0.2, 0) is 0 Å². The van der Waals surface area contributed by atoms with Gasteiger partial charge in [0, 0.05) is 5.69 Å². The van der Waals surface area contributed by atoms with Gasteiger partial charge in [0.25, 0.3) is 0 Å². The van der Waals surface area contributed by atoms with Gasteiger partial charge in [-0.1, -0.05) is 23.2 Å². The zero-order chi connectivity index (χ0) is 11.6. The minimum atomic E-state index is -3.95. The van der Waals surface area contributed by atoms with E-state index in [0.717, 1.165) is 0 Å². The molecule has 7 heteroatoms. The predicted octanol–water partition coefficient (Wildman–Crippen LogP) is 3.52. The van der Waals surface area contributed by atoms with Crippen LogP contribution in [0.15, 0.2) is 12.1 Å². The van der Waals surface area contributed by atoms with E-state index in [1.54, 1.807) is 0 Å². The lowest BCUT2D eigenvalue weighted by Crippen LogP contribution is -2.27. The zero-order valence-electron chi connectivity index (χ0n) is 7.24. The van der Waals surface area contributed by atoms with E-state index in [0.29, 0.717) is 0 Å². The topological polar surface area (TPSA) is 35.2 Å². The van der Waals surface area contributed by atoms with E-state index in [1.807, 2.05) is 0 Å². The van der Waals surface area contributed by atoms with Gasteiger partial charge in [-0.05, 0) is 12.1 Å². The molecule has 15 heavy (non-hydrogen) atoms. The molecular weight excluding hydrogens is 254 g/mol. The fourth-order valence-corrected chi connectivity index (χ4v) is 1.43. The maximum atomic E-state index is 12.6. The third kappa shape index (κ3) is 3.07. The molecule has 0 unspecified atom stereocenters. The summed E-state index contributed by atoms with van der Waals surface area (Å²) in [6.07, 6.45) is -3.95. The summed E-state index contributed by atoms with van der Waals surface area (Å²) in [7, 11) is 0. The summed E-state index contributed by atoms with van der Waals surface area (Å²) in [5, 5.41) is -0.402. The van der Waals surface area contributed by atoms with Gasteiger partial charge in [-0.2, -0.15) is 8.78 Å². The van der Waals surface area contributed by atoms with Crippen LogP contribution in [0.25, 0.3) is 0 Å². The van der Waals surface area contributed by atoms with E-state index in [4.69, 9.17) is 28.9 Å². The molecule has 84 valence electrons. The Hall–Kier alpha value is -0.810. The minimum absolute atomic E-state index is 0.195. The van der Waals surface area contributed by atoms with E-state index in [2.05, 4.69) is 4.74 Å². The number of anilines is 1. The van der Waals surface area contributed by atoms with Gasteiger partial charge in [0.05, 0.1) is 10.0 Å². The van der Waals surface area contributed by atoms with Gasteiger partial charge in [0.1, 0.15) is 0 Å². The van der Waals surface area contributed by atoms with E-state index in [9.17, 15) is 13.2 Å². The molecule has 2 N–H and O–H groups in total. The Morgan fingerprint density at radius 2 is 1.73 bits per heavy atom. The molecule has 0 aliphatic rings. The summed E-state index contributed by atoms with van der Waals surface area (Å²) in [6.45, 7) is -1.97. The number of halogens is 5. The Labute approximate surface area is 93.7 Å². The van der Waals surface area contributed by atoms with Crippen molar-refractivity contribution in [2.45, 2.75) is 6.11 Å². The van der Waals surface area contributed by atoms with Gasteiger partial charge in [0.15, 0.2) is 12.4 Å². The lowest BCUT2D eigenvalue weighted by Gasteiger charge is -2.16. The van der Waals surface area contributed by atoms with Crippen LogP contribution in [0.3, 0.4) is 0 Å². The Morgan fingerprint density at radius 1 is 1.27 bits per heavy atom. The molecule has 1 rings (SSSR count). The normalized spacial score (nSPS) is 11.5. The SMILES string of the molecule is Nc1cc(Cl)c(OC(F)(F)CF)c(Cl)c1. The average Bonchev–Trinajstić information content (AvgIpc) is 2.11. The minimum Gasteiger partial charge on any atom is -0.427 e. The highest BCUT2D eigenvalue weighted by Crippen LogP contribution is 2.38. The van der Waals surface area contributed by atoms with Crippen molar-refractivity contribution in [3.63, 3.8) is 0 Å². The first-order valence-corrected chi connectivity index (χ1v) is 4.48. The number of nitrogens with two attached hydrogens (primary N) is 1. The van der Waals surface area contributed by atoms with Crippen LogP contribution in [0.5, 0.6) is 5.75 Å². The van der Waals surface area contributed by atoms with Crippen molar-refractivity contribution in [2.24, 2.45) is 0 Å². The first kappa shape index (κ1) is 12.3. The molecule has 0 aliphatic heterocycles. The molecule has 0 spiro atoms. The highest BCUT2D eigenvalue weighted by Gasteiger charge is 2.33.